The van der Waals surface area contributed by atoms with Gasteiger partial charge in [0, 0.05) is 18.1 Å². The smallest absolute Gasteiger partial charge is 0.264 e. The number of anilines is 1. The number of halogens is 1. The molecule has 0 radical (unpaired) electrons. The van der Waals surface area contributed by atoms with E-state index in [-0.39, 0.29) is 23.0 Å². The van der Waals surface area contributed by atoms with Crippen molar-refractivity contribution in [3.63, 3.8) is 0 Å². The predicted molar refractivity (Wildman–Crippen MR) is 153 cm³/mol. The second-order valence-corrected chi connectivity index (χ2v) is 11.3. The van der Waals surface area contributed by atoms with Gasteiger partial charge in [-0.2, -0.15) is 0 Å². The molecule has 208 valence electrons. The lowest BCUT2D eigenvalue weighted by Crippen LogP contribution is -2.51. The summed E-state index contributed by atoms with van der Waals surface area (Å²) in [6, 6.07) is 20.5. The first-order chi connectivity index (χ1) is 18.7. The summed E-state index contributed by atoms with van der Waals surface area (Å²) < 4.78 is 33.8. The van der Waals surface area contributed by atoms with Crippen LogP contribution < -0.4 is 14.4 Å². The van der Waals surface area contributed by atoms with Crippen LogP contribution in [0, 0.1) is 0 Å². The van der Waals surface area contributed by atoms with Gasteiger partial charge in [0.15, 0.2) is 0 Å². The highest BCUT2D eigenvalue weighted by Crippen LogP contribution is 2.27. The summed E-state index contributed by atoms with van der Waals surface area (Å²) in [5.41, 5.74) is 0.970. The van der Waals surface area contributed by atoms with Gasteiger partial charge in [-0.25, -0.2) is 8.42 Å². The maximum Gasteiger partial charge on any atom is 0.264 e. The van der Waals surface area contributed by atoms with Crippen molar-refractivity contribution in [2.75, 3.05) is 24.5 Å². The summed E-state index contributed by atoms with van der Waals surface area (Å²) in [6.07, 6.45) is 1.72. The third kappa shape index (κ3) is 7.97. The second-order valence-electron chi connectivity index (χ2n) is 9.00. The number of hydrogen-bond donors (Lipinski definition) is 1. The zero-order valence-corrected chi connectivity index (χ0v) is 23.9. The molecule has 0 heterocycles. The normalized spacial score (nSPS) is 11.9. The van der Waals surface area contributed by atoms with Gasteiger partial charge in [0.1, 0.15) is 18.3 Å². The number of sulfonamides is 1. The summed E-state index contributed by atoms with van der Waals surface area (Å²) in [7, 11) is -2.60. The van der Waals surface area contributed by atoms with E-state index in [1.807, 2.05) is 13.0 Å². The van der Waals surface area contributed by atoms with E-state index >= 15 is 0 Å². The van der Waals surface area contributed by atoms with Crippen LogP contribution in [0.25, 0.3) is 0 Å². The summed E-state index contributed by atoms with van der Waals surface area (Å²) >= 11 is 6.19. The highest BCUT2D eigenvalue weighted by atomic mass is 35.5. The number of amides is 2. The summed E-state index contributed by atoms with van der Waals surface area (Å²) in [6.45, 7) is 3.68. The minimum absolute atomic E-state index is 0.0301. The Morgan fingerprint density at radius 2 is 1.72 bits per heavy atom. The molecule has 3 aromatic carbocycles. The Hall–Kier alpha value is -3.56. The van der Waals surface area contributed by atoms with E-state index < -0.39 is 28.5 Å². The van der Waals surface area contributed by atoms with Crippen LogP contribution in [0.5, 0.6) is 5.75 Å². The molecule has 1 unspecified atom stereocenters. The largest absolute Gasteiger partial charge is 0.497 e. The van der Waals surface area contributed by atoms with Crippen LogP contribution in [0.15, 0.2) is 83.8 Å². The van der Waals surface area contributed by atoms with Crippen LogP contribution in [0.2, 0.25) is 5.02 Å². The van der Waals surface area contributed by atoms with Gasteiger partial charge >= 0.3 is 0 Å². The zero-order chi connectivity index (χ0) is 28.4. The fraction of sp³-hybridized carbons (Fsp3) is 0.310. The topological polar surface area (TPSA) is 96.0 Å². The van der Waals surface area contributed by atoms with Gasteiger partial charge in [-0.1, -0.05) is 61.3 Å². The summed E-state index contributed by atoms with van der Waals surface area (Å²) in [5, 5.41) is 3.19. The molecule has 0 aliphatic rings. The minimum Gasteiger partial charge on any atom is -0.497 e. The first-order valence-electron chi connectivity index (χ1n) is 12.7. The predicted octanol–water partition coefficient (Wildman–Crippen LogP) is 4.88. The molecule has 2 amide bonds. The Bertz CT molecular complexity index is 1370. The average Bonchev–Trinajstić information content (AvgIpc) is 2.94. The van der Waals surface area contributed by atoms with Crippen molar-refractivity contribution in [1.82, 2.24) is 10.2 Å². The first kappa shape index (κ1) is 30.0. The van der Waals surface area contributed by atoms with E-state index in [1.165, 1.54) is 23.1 Å². The van der Waals surface area contributed by atoms with Crippen molar-refractivity contribution >= 4 is 39.1 Å². The average molecular weight is 572 g/mol. The van der Waals surface area contributed by atoms with Crippen LogP contribution >= 0.6 is 11.6 Å². The van der Waals surface area contributed by atoms with Crippen molar-refractivity contribution < 1.29 is 22.7 Å². The van der Waals surface area contributed by atoms with E-state index in [1.54, 1.807) is 68.6 Å². The molecule has 0 aliphatic heterocycles. The van der Waals surface area contributed by atoms with Gasteiger partial charge in [-0.15, -0.1) is 0 Å². The van der Waals surface area contributed by atoms with Crippen molar-refractivity contribution in [2.24, 2.45) is 0 Å². The van der Waals surface area contributed by atoms with Crippen molar-refractivity contribution in [2.45, 2.75) is 44.2 Å². The van der Waals surface area contributed by atoms with Crippen molar-refractivity contribution in [3.05, 3.63) is 89.4 Å². The Labute approximate surface area is 235 Å². The number of nitrogens with one attached hydrogen (secondary N) is 1. The lowest BCUT2D eigenvalue weighted by atomic mass is 10.1. The van der Waals surface area contributed by atoms with Crippen LogP contribution in [0.4, 0.5) is 5.69 Å². The lowest BCUT2D eigenvalue weighted by molar-refractivity contribution is -0.139. The molecule has 0 fully saturated rings. The van der Waals surface area contributed by atoms with Gasteiger partial charge in [0.2, 0.25) is 11.8 Å². The van der Waals surface area contributed by atoms with Gasteiger partial charge in [-0.05, 0) is 61.4 Å². The molecular formula is C29H34ClN3O5S. The minimum atomic E-state index is -4.14. The van der Waals surface area contributed by atoms with Crippen LogP contribution in [0.1, 0.15) is 32.3 Å². The van der Waals surface area contributed by atoms with E-state index in [2.05, 4.69) is 5.32 Å². The van der Waals surface area contributed by atoms with Crippen LogP contribution in [0.3, 0.4) is 0 Å². The molecule has 10 heteroatoms. The standard InChI is InChI=1S/C29H34ClN3O5S/c1-4-5-17-31-29(35)22(2)32(20-23-11-9-14-26(18-23)38-3)28(34)21-33(25-13-10-12-24(30)19-25)39(36,37)27-15-7-6-8-16-27/h6-16,18-19,22H,4-5,17,20-21H2,1-3H3,(H,31,35). The molecule has 3 aromatic rings. The highest BCUT2D eigenvalue weighted by molar-refractivity contribution is 7.92. The maximum absolute atomic E-state index is 13.9. The number of carbonyl (C=O) groups is 2. The molecule has 0 aliphatic carbocycles. The quantitative estimate of drug-likeness (QED) is 0.295. The molecule has 1 N–H and O–H groups in total. The lowest BCUT2D eigenvalue weighted by Gasteiger charge is -2.32. The van der Waals surface area contributed by atoms with Crippen molar-refractivity contribution in [1.29, 1.82) is 0 Å². The second kappa shape index (κ2) is 14.0. The van der Waals surface area contributed by atoms with E-state index in [0.29, 0.717) is 17.3 Å². The maximum atomic E-state index is 13.9. The third-order valence-corrected chi connectivity index (χ3v) is 8.21. The zero-order valence-electron chi connectivity index (χ0n) is 22.3. The number of ether oxygens (including phenoxy) is 1. The van der Waals surface area contributed by atoms with E-state index in [9.17, 15) is 18.0 Å². The summed E-state index contributed by atoms with van der Waals surface area (Å²) in [4.78, 5) is 28.3. The molecule has 3 rings (SSSR count). The monoisotopic (exact) mass is 571 g/mol. The van der Waals surface area contributed by atoms with Gasteiger partial charge < -0.3 is 15.0 Å². The van der Waals surface area contributed by atoms with Gasteiger partial charge in [0.05, 0.1) is 17.7 Å². The Morgan fingerprint density at radius 3 is 2.38 bits per heavy atom. The number of hydrogen-bond acceptors (Lipinski definition) is 5. The first-order valence-corrected chi connectivity index (χ1v) is 14.5. The fourth-order valence-electron chi connectivity index (χ4n) is 3.97. The number of nitrogens with zero attached hydrogens (tertiary/aromatic N) is 2. The van der Waals surface area contributed by atoms with Gasteiger partial charge in [0.25, 0.3) is 10.0 Å². The molecule has 39 heavy (non-hydrogen) atoms. The van der Waals surface area contributed by atoms with Crippen LogP contribution in [-0.4, -0.2) is 51.4 Å². The highest BCUT2D eigenvalue weighted by Gasteiger charge is 2.32. The van der Waals surface area contributed by atoms with Crippen molar-refractivity contribution in [3.8, 4) is 5.75 Å². The molecule has 0 aromatic heterocycles. The van der Waals surface area contributed by atoms with E-state index in [4.69, 9.17) is 16.3 Å². The molecule has 8 nitrogen and oxygen atoms in total. The SMILES string of the molecule is CCCCNC(=O)C(C)N(Cc1cccc(OC)c1)C(=O)CN(c1cccc(Cl)c1)S(=O)(=O)c1ccccc1. The van der Waals surface area contributed by atoms with Gasteiger partial charge in [-0.3, -0.25) is 13.9 Å². The Morgan fingerprint density at radius 1 is 1.00 bits per heavy atom. The Balaban J connectivity index is 2.00. The Kier molecular flexibility index (Phi) is 10.8. The van der Waals surface area contributed by atoms with E-state index in [0.717, 1.165) is 22.7 Å². The number of rotatable bonds is 13. The third-order valence-electron chi connectivity index (χ3n) is 6.19. The molecule has 0 bridgehead atoms. The summed E-state index contributed by atoms with van der Waals surface area (Å²) in [5.74, 6) is -0.262. The number of carbonyl (C=O) groups excluding carboxylic acids is 2. The molecule has 1 atom stereocenters. The molecular weight excluding hydrogens is 538 g/mol. The number of unbranched alkanes of at least 4 members (excludes halogenated alkanes) is 1. The fourth-order valence-corrected chi connectivity index (χ4v) is 5.58. The molecule has 0 saturated heterocycles. The molecule has 0 spiro atoms. The van der Waals surface area contributed by atoms with Crippen LogP contribution in [-0.2, 0) is 26.2 Å². The molecule has 0 saturated carbocycles. The number of methoxy groups -OCH3 is 1. The number of benzene rings is 3.